The average molecular weight is 400 g/mol. The molecule has 1 aromatic carbocycles. The van der Waals surface area contributed by atoms with Crippen LogP contribution < -0.4 is 14.2 Å². The average Bonchev–Trinajstić information content (AvgIpc) is 2.97. The summed E-state index contributed by atoms with van der Waals surface area (Å²) in [5.41, 5.74) is 0.434. The Bertz CT molecular complexity index is 701. The van der Waals surface area contributed by atoms with E-state index < -0.39 is 0 Å². The van der Waals surface area contributed by atoms with Gasteiger partial charge in [-0.3, -0.25) is 4.79 Å². The number of nitrogens with zero attached hydrogens (tertiary/aromatic N) is 1. The van der Waals surface area contributed by atoms with Gasteiger partial charge in [0.2, 0.25) is 0 Å². The fraction of sp³-hybridized carbons (Fsp3) is 0.312. The van der Waals surface area contributed by atoms with Crippen molar-refractivity contribution in [1.29, 1.82) is 0 Å². The second-order valence-corrected chi connectivity index (χ2v) is 6.71. The molecule has 1 heterocycles. The normalized spacial score (nSPS) is 10.3. The Balaban J connectivity index is 2.29. The molecule has 0 aliphatic carbocycles. The highest BCUT2D eigenvalue weighted by atomic mass is 79.9. The van der Waals surface area contributed by atoms with Crippen LogP contribution in [-0.4, -0.2) is 39.2 Å². The first-order valence-electron chi connectivity index (χ1n) is 6.78. The van der Waals surface area contributed by atoms with E-state index in [0.29, 0.717) is 29.4 Å². The molecular formula is C16H18BrNO4S. The predicted molar refractivity (Wildman–Crippen MR) is 93.9 cm³/mol. The number of benzene rings is 1. The minimum absolute atomic E-state index is 0.146. The molecule has 2 aromatic rings. The van der Waals surface area contributed by atoms with Crippen molar-refractivity contribution in [3.05, 3.63) is 38.5 Å². The Morgan fingerprint density at radius 3 is 2.22 bits per heavy atom. The summed E-state index contributed by atoms with van der Waals surface area (Å²) in [6.45, 7) is 0.520. The summed E-state index contributed by atoms with van der Waals surface area (Å²) < 4.78 is 16.9. The van der Waals surface area contributed by atoms with E-state index in [4.69, 9.17) is 14.2 Å². The predicted octanol–water partition coefficient (Wildman–Crippen LogP) is 3.81. The van der Waals surface area contributed by atoms with Crippen LogP contribution >= 0.6 is 27.3 Å². The van der Waals surface area contributed by atoms with Crippen LogP contribution in [0.2, 0.25) is 0 Å². The van der Waals surface area contributed by atoms with Gasteiger partial charge in [-0.2, -0.15) is 0 Å². The van der Waals surface area contributed by atoms with Crippen LogP contribution in [0.5, 0.6) is 17.2 Å². The lowest BCUT2D eigenvalue weighted by Gasteiger charge is -2.19. The number of ether oxygens (including phenoxy) is 3. The fourth-order valence-corrected chi connectivity index (χ4v) is 3.65. The number of amides is 1. The van der Waals surface area contributed by atoms with Crippen LogP contribution in [0, 0.1) is 0 Å². The first-order chi connectivity index (χ1) is 11.0. The van der Waals surface area contributed by atoms with E-state index in [0.717, 1.165) is 9.35 Å². The van der Waals surface area contributed by atoms with Gasteiger partial charge in [-0.25, -0.2) is 0 Å². The lowest BCUT2D eigenvalue weighted by molar-refractivity contribution is 0.0782. The summed E-state index contributed by atoms with van der Waals surface area (Å²) in [5, 5.41) is 1.99. The van der Waals surface area contributed by atoms with E-state index in [-0.39, 0.29) is 5.91 Å². The molecule has 0 atom stereocenters. The number of carbonyl (C=O) groups excluding carboxylic acids is 1. The van der Waals surface area contributed by atoms with E-state index in [1.807, 2.05) is 11.4 Å². The third kappa shape index (κ3) is 3.97. The second kappa shape index (κ2) is 7.70. The summed E-state index contributed by atoms with van der Waals surface area (Å²) in [7, 11) is 6.35. The zero-order chi connectivity index (χ0) is 17.0. The molecular weight excluding hydrogens is 382 g/mol. The van der Waals surface area contributed by atoms with Crippen LogP contribution in [0.3, 0.4) is 0 Å². The zero-order valence-corrected chi connectivity index (χ0v) is 15.8. The van der Waals surface area contributed by atoms with Crippen molar-refractivity contribution < 1.29 is 19.0 Å². The highest BCUT2D eigenvalue weighted by Gasteiger charge is 2.21. The lowest BCUT2D eigenvalue weighted by atomic mass is 10.1. The van der Waals surface area contributed by atoms with Gasteiger partial charge < -0.3 is 19.1 Å². The van der Waals surface area contributed by atoms with Crippen LogP contribution in [-0.2, 0) is 6.54 Å². The molecule has 124 valence electrons. The van der Waals surface area contributed by atoms with Gasteiger partial charge in [-0.1, -0.05) is 0 Å². The molecule has 0 radical (unpaired) electrons. The summed E-state index contributed by atoms with van der Waals surface area (Å²) in [5.74, 6) is 1.31. The molecule has 0 bridgehead atoms. The van der Waals surface area contributed by atoms with Crippen molar-refractivity contribution in [3.8, 4) is 17.2 Å². The Kier molecular flexibility index (Phi) is 5.90. The van der Waals surface area contributed by atoms with Crippen molar-refractivity contribution >= 4 is 33.2 Å². The van der Waals surface area contributed by atoms with Crippen molar-refractivity contribution in [3.63, 3.8) is 0 Å². The highest BCUT2D eigenvalue weighted by molar-refractivity contribution is 9.10. The fourth-order valence-electron chi connectivity index (χ4n) is 2.14. The maximum atomic E-state index is 12.7. The molecule has 1 amide bonds. The molecule has 23 heavy (non-hydrogen) atoms. The Morgan fingerprint density at radius 2 is 1.70 bits per heavy atom. The van der Waals surface area contributed by atoms with Gasteiger partial charge in [0.05, 0.1) is 33.4 Å². The van der Waals surface area contributed by atoms with Crippen molar-refractivity contribution in [2.24, 2.45) is 0 Å². The lowest BCUT2D eigenvalue weighted by Crippen LogP contribution is -2.26. The molecule has 7 heteroatoms. The van der Waals surface area contributed by atoms with E-state index in [1.54, 1.807) is 42.5 Å². The van der Waals surface area contributed by atoms with Gasteiger partial charge in [0, 0.05) is 33.9 Å². The molecule has 0 aliphatic heterocycles. The standard InChI is InChI=1S/C16H18BrNO4S/c1-18(8-11-5-10(17)9-23-11)16(19)12-6-14(21-3)15(22-4)7-13(12)20-2/h5-7,9H,8H2,1-4H3. The van der Waals surface area contributed by atoms with E-state index in [2.05, 4.69) is 15.9 Å². The van der Waals surface area contributed by atoms with E-state index in [1.165, 1.54) is 14.2 Å². The van der Waals surface area contributed by atoms with Crippen LogP contribution in [0.15, 0.2) is 28.1 Å². The van der Waals surface area contributed by atoms with Gasteiger partial charge >= 0.3 is 0 Å². The molecule has 0 fully saturated rings. The largest absolute Gasteiger partial charge is 0.496 e. The van der Waals surface area contributed by atoms with E-state index >= 15 is 0 Å². The van der Waals surface area contributed by atoms with Crippen LogP contribution in [0.4, 0.5) is 0 Å². The Morgan fingerprint density at radius 1 is 1.09 bits per heavy atom. The van der Waals surface area contributed by atoms with Crippen LogP contribution in [0.25, 0.3) is 0 Å². The zero-order valence-electron chi connectivity index (χ0n) is 13.4. The molecule has 5 nitrogen and oxygen atoms in total. The maximum Gasteiger partial charge on any atom is 0.257 e. The number of rotatable bonds is 6. The number of halogens is 1. The summed E-state index contributed by atoms with van der Waals surface area (Å²) >= 11 is 5.02. The minimum Gasteiger partial charge on any atom is -0.496 e. The second-order valence-electron chi connectivity index (χ2n) is 4.80. The van der Waals surface area contributed by atoms with Gasteiger partial charge in [0.15, 0.2) is 11.5 Å². The highest BCUT2D eigenvalue weighted by Crippen LogP contribution is 2.35. The monoisotopic (exact) mass is 399 g/mol. The molecule has 0 spiro atoms. The maximum absolute atomic E-state index is 12.7. The molecule has 0 saturated carbocycles. The smallest absolute Gasteiger partial charge is 0.257 e. The summed E-state index contributed by atoms with van der Waals surface area (Å²) in [6, 6.07) is 5.29. The summed E-state index contributed by atoms with van der Waals surface area (Å²) in [4.78, 5) is 15.5. The molecule has 1 aromatic heterocycles. The van der Waals surface area contributed by atoms with E-state index in [9.17, 15) is 4.79 Å². The quantitative estimate of drug-likeness (QED) is 0.740. The minimum atomic E-state index is -0.146. The van der Waals surface area contributed by atoms with Crippen LogP contribution in [0.1, 0.15) is 15.2 Å². The number of thiophene rings is 1. The SMILES string of the molecule is COc1cc(OC)c(C(=O)N(C)Cc2cc(Br)cs2)cc1OC. The molecule has 0 N–H and O–H groups in total. The number of methoxy groups -OCH3 is 3. The number of carbonyl (C=O) groups is 1. The first kappa shape index (κ1) is 17.6. The number of hydrogen-bond acceptors (Lipinski definition) is 5. The Labute approximate surface area is 147 Å². The molecule has 0 unspecified atom stereocenters. The third-order valence-electron chi connectivity index (χ3n) is 3.30. The molecule has 2 rings (SSSR count). The van der Waals surface area contributed by atoms with Gasteiger partial charge in [-0.15, -0.1) is 11.3 Å². The number of hydrogen-bond donors (Lipinski definition) is 0. The van der Waals surface area contributed by atoms with Crippen molar-refractivity contribution in [2.75, 3.05) is 28.4 Å². The molecule has 0 aliphatic rings. The first-order valence-corrected chi connectivity index (χ1v) is 8.45. The molecule has 0 saturated heterocycles. The Hall–Kier alpha value is -1.73. The van der Waals surface area contributed by atoms with Gasteiger partial charge in [-0.05, 0) is 22.0 Å². The van der Waals surface area contributed by atoms with Crippen molar-refractivity contribution in [2.45, 2.75) is 6.54 Å². The third-order valence-corrected chi connectivity index (χ3v) is 4.98. The summed E-state index contributed by atoms with van der Waals surface area (Å²) in [6.07, 6.45) is 0. The van der Waals surface area contributed by atoms with Gasteiger partial charge in [0.25, 0.3) is 5.91 Å². The topological polar surface area (TPSA) is 48.0 Å². The van der Waals surface area contributed by atoms with Gasteiger partial charge in [0.1, 0.15) is 5.75 Å². The van der Waals surface area contributed by atoms with Crippen molar-refractivity contribution in [1.82, 2.24) is 4.90 Å².